The summed E-state index contributed by atoms with van der Waals surface area (Å²) in [6, 6.07) is 0. The highest BCUT2D eigenvalue weighted by Gasteiger charge is 2.28. The summed E-state index contributed by atoms with van der Waals surface area (Å²) >= 11 is 0. The smallest absolute Gasteiger partial charge is 0.316 e. The van der Waals surface area contributed by atoms with Crippen LogP contribution in [0.2, 0.25) is 0 Å². The summed E-state index contributed by atoms with van der Waals surface area (Å²) in [4.78, 5) is 17.0. The molecule has 6 heteroatoms. The van der Waals surface area contributed by atoms with E-state index in [4.69, 9.17) is 4.52 Å². The number of rotatable bonds is 2. The molecule has 0 saturated carbocycles. The number of β-amino-alcohol motifs (C(OH)–C–C–N with tert-alkyl or cyclic N) is 1. The average molecular weight is 209 g/mol. The Kier molecular flexibility index (Phi) is 2.51. The number of aliphatic hydroxyl groups excluding tert-OH is 1. The van der Waals surface area contributed by atoms with E-state index in [9.17, 15) is 9.90 Å². The van der Waals surface area contributed by atoms with Gasteiger partial charge in [0.25, 0.3) is 0 Å². The molecule has 1 aromatic heterocycles. The largest absolute Gasteiger partial charge is 0.391 e. The van der Waals surface area contributed by atoms with Crippen LogP contribution in [-0.4, -0.2) is 45.2 Å². The van der Waals surface area contributed by atoms with E-state index in [1.807, 2.05) is 0 Å². The lowest BCUT2D eigenvalue weighted by atomic mass is 10.3. The van der Waals surface area contributed by atoms with E-state index >= 15 is 0 Å². The Morgan fingerprint density at radius 3 is 3.07 bits per heavy atom. The van der Waals surface area contributed by atoms with Crippen LogP contribution in [-0.2, 0) is 0 Å². The van der Waals surface area contributed by atoms with Gasteiger partial charge in [-0.2, -0.15) is 4.98 Å². The first kappa shape index (κ1) is 9.85. The molecule has 80 valence electrons. The van der Waals surface area contributed by atoms with Gasteiger partial charge in [-0.25, -0.2) is 0 Å². The number of aliphatic hydroxyl groups is 1. The molecular weight excluding hydrogens is 198 g/mol. The second kappa shape index (κ2) is 3.82. The Hall–Kier alpha value is -1.69. The quantitative estimate of drug-likeness (QED) is 0.736. The molecule has 1 aliphatic heterocycles. The van der Waals surface area contributed by atoms with E-state index in [-0.39, 0.29) is 17.6 Å². The van der Waals surface area contributed by atoms with Crippen LogP contribution < -0.4 is 0 Å². The van der Waals surface area contributed by atoms with Crippen molar-refractivity contribution in [2.75, 3.05) is 13.1 Å². The third kappa shape index (κ3) is 1.89. The van der Waals surface area contributed by atoms with Gasteiger partial charge in [-0.05, 0) is 12.5 Å². The first-order chi connectivity index (χ1) is 7.20. The van der Waals surface area contributed by atoms with Crippen molar-refractivity contribution in [1.82, 2.24) is 15.0 Å². The third-order valence-corrected chi connectivity index (χ3v) is 2.26. The second-order valence-corrected chi connectivity index (χ2v) is 3.36. The SMILES string of the molecule is C=Cc1noc(C(=O)N2CC[C@H](O)C2)n1. The summed E-state index contributed by atoms with van der Waals surface area (Å²) in [5.74, 6) is -0.107. The van der Waals surface area contributed by atoms with Crippen molar-refractivity contribution in [3.63, 3.8) is 0 Å². The number of carbonyl (C=O) groups excluding carboxylic acids is 1. The van der Waals surface area contributed by atoms with Crippen molar-refractivity contribution in [2.45, 2.75) is 12.5 Å². The molecule has 1 aromatic rings. The van der Waals surface area contributed by atoms with E-state index in [0.717, 1.165) is 0 Å². The Balaban J connectivity index is 2.10. The number of hydrogen-bond acceptors (Lipinski definition) is 5. The Labute approximate surface area is 86.2 Å². The molecule has 1 atom stereocenters. The van der Waals surface area contributed by atoms with E-state index in [0.29, 0.717) is 19.5 Å². The van der Waals surface area contributed by atoms with Gasteiger partial charge >= 0.3 is 11.8 Å². The molecule has 15 heavy (non-hydrogen) atoms. The van der Waals surface area contributed by atoms with Crippen LogP contribution in [0, 0.1) is 0 Å². The molecule has 2 rings (SSSR count). The monoisotopic (exact) mass is 209 g/mol. The van der Waals surface area contributed by atoms with Gasteiger partial charge in [0.05, 0.1) is 6.10 Å². The minimum atomic E-state index is -0.448. The topological polar surface area (TPSA) is 79.5 Å². The van der Waals surface area contributed by atoms with E-state index in [1.54, 1.807) is 0 Å². The van der Waals surface area contributed by atoms with Gasteiger partial charge in [-0.1, -0.05) is 11.7 Å². The van der Waals surface area contributed by atoms with Crippen molar-refractivity contribution in [3.8, 4) is 0 Å². The van der Waals surface area contributed by atoms with Crippen molar-refractivity contribution in [1.29, 1.82) is 0 Å². The van der Waals surface area contributed by atoms with Crippen LogP contribution in [0.1, 0.15) is 22.9 Å². The standard InChI is InChI=1S/C9H11N3O3/c1-2-7-10-8(15-11-7)9(14)12-4-3-6(13)5-12/h2,6,13H,1,3-5H2/t6-/m0/s1. The Bertz CT molecular complexity index is 388. The first-order valence-electron chi connectivity index (χ1n) is 4.64. The van der Waals surface area contributed by atoms with Crippen molar-refractivity contribution < 1.29 is 14.4 Å². The van der Waals surface area contributed by atoms with Crippen molar-refractivity contribution in [2.24, 2.45) is 0 Å². The zero-order chi connectivity index (χ0) is 10.8. The molecule has 1 fully saturated rings. The molecule has 0 radical (unpaired) electrons. The van der Waals surface area contributed by atoms with Crippen LogP contribution in [0.4, 0.5) is 0 Å². The number of aromatic nitrogens is 2. The van der Waals surface area contributed by atoms with Gasteiger partial charge in [0.2, 0.25) is 0 Å². The molecule has 0 spiro atoms. The molecule has 1 aliphatic rings. The van der Waals surface area contributed by atoms with Gasteiger partial charge in [0, 0.05) is 13.1 Å². The van der Waals surface area contributed by atoms with E-state index in [1.165, 1.54) is 11.0 Å². The predicted molar refractivity (Wildman–Crippen MR) is 50.9 cm³/mol. The van der Waals surface area contributed by atoms with Crippen molar-refractivity contribution in [3.05, 3.63) is 18.3 Å². The predicted octanol–water partition coefficient (Wildman–Crippen LogP) is -0.0806. The minimum absolute atomic E-state index is 0.0565. The van der Waals surface area contributed by atoms with Crippen LogP contribution in [0.15, 0.2) is 11.1 Å². The van der Waals surface area contributed by atoms with Crippen LogP contribution in [0.5, 0.6) is 0 Å². The molecule has 0 unspecified atom stereocenters. The molecule has 0 aromatic carbocycles. The van der Waals surface area contributed by atoms with Gasteiger partial charge in [0.15, 0.2) is 5.82 Å². The molecular formula is C9H11N3O3. The van der Waals surface area contributed by atoms with Gasteiger partial charge in [-0.3, -0.25) is 4.79 Å². The van der Waals surface area contributed by atoms with Gasteiger partial charge < -0.3 is 14.5 Å². The maximum atomic E-state index is 11.7. The van der Waals surface area contributed by atoms with Crippen molar-refractivity contribution >= 4 is 12.0 Å². The summed E-state index contributed by atoms with van der Waals surface area (Å²) < 4.78 is 4.76. The fraction of sp³-hybridized carbons (Fsp3) is 0.444. The molecule has 0 aliphatic carbocycles. The normalized spacial score (nSPS) is 20.6. The lowest BCUT2D eigenvalue weighted by Gasteiger charge is -2.11. The highest BCUT2D eigenvalue weighted by Crippen LogP contribution is 2.12. The lowest BCUT2D eigenvalue weighted by Crippen LogP contribution is -2.29. The number of nitrogens with zero attached hydrogens (tertiary/aromatic N) is 3. The van der Waals surface area contributed by atoms with Gasteiger partial charge in [0.1, 0.15) is 0 Å². The van der Waals surface area contributed by atoms with Gasteiger partial charge in [-0.15, -0.1) is 0 Å². The zero-order valence-corrected chi connectivity index (χ0v) is 8.09. The number of likely N-dealkylation sites (tertiary alicyclic amines) is 1. The maximum absolute atomic E-state index is 11.7. The fourth-order valence-electron chi connectivity index (χ4n) is 1.47. The Morgan fingerprint density at radius 2 is 2.53 bits per heavy atom. The Morgan fingerprint density at radius 1 is 1.73 bits per heavy atom. The van der Waals surface area contributed by atoms with Crippen LogP contribution in [0.3, 0.4) is 0 Å². The first-order valence-corrected chi connectivity index (χ1v) is 4.64. The average Bonchev–Trinajstić information content (AvgIpc) is 2.84. The second-order valence-electron chi connectivity index (χ2n) is 3.36. The third-order valence-electron chi connectivity index (χ3n) is 2.26. The molecule has 2 heterocycles. The summed E-state index contributed by atoms with van der Waals surface area (Å²) in [6.45, 7) is 4.31. The number of carbonyl (C=O) groups is 1. The summed E-state index contributed by atoms with van der Waals surface area (Å²) in [6.07, 6.45) is 1.54. The lowest BCUT2D eigenvalue weighted by molar-refractivity contribution is 0.0716. The molecule has 1 N–H and O–H groups in total. The summed E-state index contributed by atoms with van der Waals surface area (Å²) in [5, 5.41) is 12.8. The molecule has 1 amide bonds. The molecule has 6 nitrogen and oxygen atoms in total. The highest BCUT2D eigenvalue weighted by atomic mass is 16.5. The zero-order valence-electron chi connectivity index (χ0n) is 8.09. The number of hydrogen-bond donors (Lipinski definition) is 1. The number of amides is 1. The van der Waals surface area contributed by atoms with E-state index < -0.39 is 6.10 Å². The molecule has 0 bridgehead atoms. The summed E-state index contributed by atoms with van der Waals surface area (Å²) in [7, 11) is 0. The highest BCUT2D eigenvalue weighted by molar-refractivity contribution is 5.89. The summed E-state index contributed by atoms with van der Waals surface area (Å²) in [5.41, 5.74) is 0. The minimum Gasteiger partial charge on any atom is -0.391 e. The van der Waals surface area contributed by atoms with Crippen LogP contribution in [0.25, 0.3) is 6.08 Å². The van der Waals surface area contributed by atoms with Crippen LogP contribution >= 0.6 is 0 Å². The van der Waals surface area contributed by atoms with E-state index in [2.05, 4.69) is 16.7 Å². The maximum Gasteiger partial charge on any atom is 0.316 e. The fourth-order valence-corrected chi connectivity index (χ4v) is 1.47. The molecule has 1 saturated heterocycles.